The van der Waals surface area contributed by atoms with Crippen molar-refractivity contribution >= 4 is 11.8 Å². The van der Waals surface area contributed by atoms with Crippen LogP contribution in [0.25, 0.3) is 0 Å². The molecule has 1 heterocycles. The highest BCUT2D eigenvalue weighted by Crippen LogP contribution is 2.35. The largest absolute Gasteiger partial charge is 0.353 e. The molecule has 4 unspecified atom stereocenters. The van der Waals surface area contributed by atoms with Gasteiger partial charge in [0, 0.05) is 31.2 Å². The lowest BCUT2D eigenvalue weighted by atomic mass is 9.75. The minimum atomic E-state index is -0.609. The summed E-state index contributed by atoms with van der Waals surface area (Å²) in [7, 11) is 1.54. The molecule has 2 amide bonds. The molecular weight excluding hydrogens is 334 g/mol. The number of carbonyl (C=O) groups is 2. The highest BCUT2D eigenvalue weighted by Gasteiger charge is 2.35. The lowest BCUT2D eigenvalue weighted by molar-refractivity contribution is -0.407. The van der Waals surface area contributed by atoms with Gasteiger partial charge in [0.05, 0.1) is 6.10 Å². The predicted molar refractivity (Wildman–Crippen MR) is 97.8 cm³/mol. The third-order valence-corrected chi connectivity index (χ3v) is 5.79. The number of hydrogen-bond donors (Lipinski definition) is 0. The van der Waals surface area contributed by atoms with E-state index in [0.717, 1.165) is 12.8 Å². The first-order chi connectivity index (χ1) is 12.3. The van der Waals surface area contributed by atoms with Gasteiger partial charge in [-0.05, 0) is 44.4 Å². The molecule has 0 bridgehead atoms. The van der Waals surface area contributed by atoms with Gasteiger partial charge in [-0.15, -0.1) is 0 Å². The maximum atomic E-state index is 12.1. The molecule has 0 spiro atoms. The van der Waals surface area contributed by atoms with Crippen molar-refractivity contribution in [1.82, 2.24) is 4.90 Å². The molecule has 4 atom stereocenters. The van der Waals surface area contributed by atoms with E-state index in [2.05, 4.69) is 20.8 Å². The van der Waals surface area contributed by atoms with E-state index in [1.54, 1.807) is 21.0 Å². The van der Waals surface area contributed by atoms with Crippen LogP contribution in [0.5, 0.6) is 0 Å². The van der Waals surface area contributed by atoms with E-state index < -0.39 is 6.29 Å². The van der Waals surface area contributed by atoms with E-state index in [1.165, 1.54) is 11.3 Å². The molecule has 2 rings (SSSR count). The maximum absolute atomic E-state index is 12.1. The van der Waals surface area contributed by atoms with E-state index in [4.69, 9.17) is 14.5 Å². The Morgan fingerprint density at radius 1 is 1.12 bits per heavy atom. The van der Waals surface area contributed by atoms with Gasteiger partial charge in [-0.1, -0.05) is 27.2 Å². The molecule has 1 saturated carbocycles. The quantitative estimate of drug-likeness (QED) is 0.284. The molecule has 6 nitrogen and oxygen atoms in total. The highest BCUT2D eigenvalue weighted by molar-refractivity contribution is 6.18. The van der Waals surface area contributed by atoms with Crippen LogP contribution in [0.1, 0.15) is 60.3 Å². The molecule has 2 aliphatic rings. The summed E-state index contributed by atoms with van der Waals surface area (Å²) in [5, 5.41) is 0. The second-order valence-corrected chi connectivity index (χ2v) is 8.02. The van der Waals surface area contributed by atoms with E-state index in [1.807, 2.05) is 0 Å². The smallest absolute Gasteiger partial charge is 0.256 e. The van der Waals surface area contributed by atoms with Crippen molar-refractivity contribution in [2.75, 3.05) is 13.7 Å². The topological polar surface area (TPSA) is 65.1 Å². The molecule has 6 heteroatoms. The fourth-order valence-electron chi connectivity index (χ4n) is 3.82. The Bertz CT molecular complexity index is 532. The van der Waals surface area contributed by atoms with Crippen molar-refractivity contribution in [3.8, 4) is 0 Å². The van der Waals surface area contributed by atoms with Crippen LogP contribution in [0.3, 0.4) is 0 Å². The third-order valence-electron chi connectivity index (χ3n) is 5.79. The molecule has 26 heavy (non-hydrogen) atoms. The summed E-state index contributed by atoms with van der Waals surface area (Å²) >= 11 is 0. The van der Waals surface area contributed by atoms with Crippen LogP contribution < -0.4 is 0 Å². The fourth-order valence-corrected chi connectivity index (χ4v) is 3.82. The molecule has 0 aromatic rings. The van der Waals surface area contributed by atoms with Crippen molar-refractivity contribution < 1.29 is 24.1 Å². The summed E-state index contributed by atoms with van der Waals surface area (Å²) < 4.78 is 5.34. The molecule has 1 fully saturated rings. The molecule has 0 saturated heterocycles. The van der Waals surface area contributed by atoms with Crippen molar-refractivity contribution in [3.05, 3.63) is 11.1 Å². The summed E-state index contributed by atoms with van der Waals surface area (Å²) in [6, 6.07) is 0. The zero-order valence-corrected chi connectivity index (χ0v) is 16.9. The molecule has 0 N–H and O–H groups in total. The number of imide groups is 1. The summed E-state index contributed by atoms with van der Waals surface area (Å²) in [5.74, 6) is 1.17. The first-order valence-corrected chi connectivity index (χ1v) is 9.64. The second-order valence-electron chi connectivity index (χ2n) is 8.02. The monoisotopic (exact) mass is 367 g/mol. The predicted octanol–water partition coefficient (Wildman–Crippen LogP) is 3.46. The van der Waals surface area contributed by atoms with E-state index in [0.29, 0.717) is 35.3 Å². The van der Waals surface area contributed by atoms with Crippen molar-refractivity contribution in [3.63, 3.8) is 0 Å². The summed E-state index contributed by atoms with van der Waals surface area (Å²) in [6.45, 7) is 10.3. The minimum absolute atomic E-state index is 0.0533. The van der Waals surface area contributed by atoms with Gasteiger partial charge in [0.15, 0.2) is 6.29 Å². The molecular formula is C20H33NO5. The first-order valence-electron chi connectivity index (χ1n) is 9.64. The van der Waals surface area contributed by atoms with Gasteiger partial charge in [-0.2, -0.15) is 0 Å². The number of nitrogens with zero attached hydrogens (tertiary/aromatic N) is 1. The molecule has 148 valence electrons. The Balaban J connectivity index is 1.86. The zero-order valence-electron chi connectivity index (χ0n) is 16.9. The normalized spacial score (nSPS) is 28.4. The van der Waals surface area contributed by atoms with E-state index in [-0.39, 0.29) is 24.5 Å². The number of hydrogen-bond acceptors (Lipinski definition) is 5. The Morgan fingerprint density at radius 3 is 2.27 bits per heavy atom. The number of carbonyl (C=O) groups excluding carboxylic acids is 2. The third kappa shape index (κ3) is 4.72. The number of rotatable bonds is 8. The number of methoxy groups -OCH3 is 1. The van der Waals surface area contributed by atoms with Gasteiger partial charge >= 0.3 is 0 Å². The molecule has 1 aliphatic carbocycles. The highest BCUT2D eigenvalue weighted by atomic mass is 17.2. The van der Waals surface area contributed by atoms with Crippen molar-refractivity contribution in [1.29, 1.82) is 0 Å². The van der Waals surface area contributed by atoms with Crippen LogP contribution in [0.2, 0.25) is 0 Å². The van der Waals surface area contributed by atoms with Crippen LogP contribution in [0, 0.1) is 17.8 Å². The fraction of sp³-hybridized carbons (Fsp3) is 0.800. The van der Waals surface area contributed by atoms with Crippen LogP contribution >= 0.6 is 0 Å². The number of amides is 2. The SMILES string of the molecule is COC(CCN1C(=O)C(C)=C(C)C1=O)OOC1CC(C)CCC1C(C)C. The maximum Gasteiger partial charge on any atom is 0.256 e. The van der Waals surface area contributed by atoms with Gasteiger partial charge in [0.25, 0.3) is 11.8 Å². The standard InChI is InChI=1S/C20H33NO5/c1-12(2)16-8-7-13(3)11-17(16)25-26-18(24-6)9-10-21-19(22)14(4)15(5)20(21)23/h12-13,16-18H,7-11H2,1-6H3. The molecule has 0 aromatic carbocycles. The van der Waals surface area contributed by atoms with Crippen LogP contribution in [-0.2, 0) is 24.1 Å². The average Bonchev–Trinajstić information content (AvgIpc) is 2.78. The van der Waals surface area contributed by atoms with Gasteiger partial charge in [-0.25, -0.2) is 9.78 Å². The lowest BCUT2D eigenvalue weighted by Crippen LogP contribution is -2.37. The molecule has 0 radical (unpaired) electrons. The van der Waals surface area contributed by atoms with E-state index >= 15 is 0 Å². The second kappa shape index (κ2) is 9.11. The number of ether oxygens (including phenoxy) is 1. The van der Waals surface area contributed by atoms with Crippen molar-refractivity contribution in [2.45, 2.75) is 72.7 Å². The van der Waals surface area contributed by atoms with Gasteiger partial charge in [0.2, 0.25) is 0 Å². The Morgan fingerprint density at radius 2 is 1.73 bits per heavy atom. The van der Waals surface area contributed by atoms with Gasteiger partial charge in [-0.3, -0.25) is 14.5 Å². The zero-order chi connectivity index (χ0) is 19.4. The average molecular weight is 367 g/mol. The van der Waals surface area contributed by atoms with E-state index in [9.17, 15) is 9.59 Å². The molecule has 1 aliphatic heterocycles. The van der Waals surface area contributed by atoms with Gasteiger partial charge in [0.1, 0.15) is 0 Å². The Kier molecular flexibility index (Phi) is 7.38. The van der Waals surface area contributed by atoms with Crippen LogP contribution in [-0.4, -0.2) is 42.8 Å². The summed E-state index contributed by atoms with van der Waals surface area (Å²) in [6.07, 6.45) is 3.17. The van der Waals surface area contributed by atoms with Crippen LogP contribution in [0.15, 0.2) is 11.1 Å². The Labute approximate surface area is 156 Å². The van der Waals surface area contributed by atoms with Gasteiger partial charge < -0.3 is 4.74 Å². The van der Waals surface area contributed by atoms with Crippen LogP contribution in [0.4, 0.5) is 0 Å². The Hall–Kier alpha value is -1.24. The first kappa shape index (κ1) is 21.1. The molecule has 0 aromatic heterocycles. The minimum Gasteiger partial charge on any atom is -0.353 e. The van der Waals surface area contributed by atoms with Crippen molar-refractivity contribution in [2.24, 2.45) is 17.8 Å². The summed E-state index contributed by atoms with van der Waals surface area (Å²) in [4.78, 5) is 36.8. The lowest BCUT2D eigenvalue weighted by Gasteiger charge is -2.36. The summed E-state index contributed by atoms with van der Waals surface area (Å²) in [5.41, 5.74) is 1.02.